The summed E-state index contributed by atoms with van der Waals surface area (Å²) >= 11 is 0. The third-order valence-electron chi connectivity index (χ3n) is 11.6. The van der Waals surface area contributed by atoms with E-state index in [0.717, 1.165) is 17.1 Å². The molecule has 0 saturated carbocycles. The van der Waals surface area contributed by atoms with E-state index in [9.17, 15) is 0 Å². The molecule has 3 heterocycles. The topological polar surface area (TPSA) is 14.8 Å². The van der Waals surface area contributed by atoms with Gasteiger partial charge in [0.05, 0.1) is 33.1 Å². The third kappa shape index (κ3) is 4.32. The minimum absolute atomic E-state index is 1.13. The summed E-state index contributed by atoms with van der Waals surface area (Å²) in [5, 5.41) is 10.0. The Kier molecular flexibility index (Phi) is 6.34. The third-order valence-corrected chi connectivity index (χ3v) is 11.6. The van der Waals surface area contributed by atoms with E-state index in [0.29, 0.717) is 0 Å². The molecule has 3 aromatic heterocycles. The minimum Gasteiger partial charge on any atom is -0.309 e. The predicted molar refractivity (Wildman–Crippen MR) is 232 cm³/mol. The summed E-state index contributed by atoms with van der Waals surface area (Å²) < 4.78 is 7.29. The van der Waals surface area contributed by atoms with Gasteiger partial charge in [-0.3, -0.25) is 0 Å². The van der Waals surface area contributed by atoms with E-state index in [-0.39, 0.29) is 0 Å². The van der Waals surface area contributed by atoms with Crippen LogP contribution in [0, 0.1) is 0 Å². The molecule has 12 rings (SSSR count). The Bertz CT molecular complexity index is 3420. The molecular formula is C52H33N3. The molecule has 0 N–H and O–H groups in total. The maximum Gasteiger partial charge on any atom is 0.0625 e. The molecule has 3 heteroatoms. The van der Waals surface area contributed by atoms with Gasteiger partial charge in [0, 0.05) is 54.9 Å². The maximum absolute atomic E-state index is 2.49. The molecule has 3 nitrogen and oxygen atoms in total. The molecule has 0 amide bonds. The Labute approximate surface area is 317 Å². The lowest BCUT2D eigenvalue weighted by atomic mass is 9.94. The summed E-state index contributed by atoms with van der Waals surface area (Å²) in [4.78, 5) is 0. The van der Waals surface area contributed by atoms with Crippen molar-refractivity contribution in [3.63, 3.8) is 0 Å². The first-order valence-corrected chi connectivity index (χ1v) is 18.9. The lowest BCUT2D eigenvalue weighted by molar-refractivity contribution is 1.15. The number of hydrogen-bond acceptors (Lipinski definition) is 0. The first-order valence-electron chi connectivity index (χ1n) is 18.9. The standard InChI is InChI=1S/C52H33N3/c1-2-15-36(16-3-1)54-48-24-12-8-20-42(48)44-31-26-35(33-50(44)54)51-39-17-5-4-14-34(39)32-45-43-21-9-13-25-49(43)55(52(45)51)38-29-27-37(28-30-38)53-46-22-10-6-18-40(46)41-19-7-11-23-47(41)53/h1-33H. The van der Waals surface area contributed by atoms with Crippen LogP contribution in [-0.4, -0.2) is 13.7 Å². The number of rotatable bonds is 4. The number of hydrogen-bond donors (Lipinski definition) is 0. The fourth-order valence-corrected chi connectivity index (χ4v) is 9.28. The van der Waals surface area contributed by atoms with E-state index in [2.05, 4.69) is 214 Å². The quantitative estimate of drug-likeness (QED) is 0.174. The molecule has 0 bridgehead atoms. The van der Waals surface area contributed by atoms with E-state index in [4.69, 9.17) is 0 Å². The molecule has 0 radical (unpaired) electrons. The van der Waals surface area contributed by atoms with Crippen molar-refractivity contribution in [1.82, 2.24) is 13.7 Å². The highest BCUT2D eigenvalue weighted by Gasteiger charge is 2.21. The van der Waals surface area contributed by atoms with Gasteiger partial charge in [0.15, 0.2) is 0 Å². The Morgan fingerprint density at radius 1 is 0.255 bits per heavy atom. The Morgan fingerprint density at radius 2 is 0.673 bits per heavy atom. The number of benzene rings is 9. The van der Waals surface area contributed by atoms with E-state index in [1.807, 2.05) is 0 Å². The van der Waals surface area contributed by atoms with Crippen LogP contribution in [0.1, 0.15) is 0 Å². The van der Waals surface area contributed by atoms with Crippen LogP contribution in [0.4, 0.5) is 0 Å². The molecule has 0 unspecified atom stereocenters. The molecule has 0 saturated heterocycles. The molecule has 0 aliphatic rings. The lowest BCUT2D eigenvalue weighted by Crippen LogP contribution is -1.99. The first kappa shape index (κ1) is 30.1. The lowest BCUT2D eigenvalue weighted by Gasteiger charge is -2.16. The van der Waals surface area contributed by atoms with Crippen LogP contribution >= 0.6 is 0 Å². The van der Waals surface area contributed by atoms with Gasteiger partial charge < -0.3 is 13.7 Å². The second-order valence-corrected chi connectivity index (χ2v) is 14.5. The SMILES string of the molecule is c1ccc(-n2c3ccccc3c3ccc(-c4c5ccccc5cc5c6ccccc6n(-c6ccc(-n7c8ccccc8c8ccccc87)cc6)c45)cc32)cc1. The minimum atomic E-state index is 1.13. The highest BCUT2D eigenvalue weighted by Crippen LogP contribution is 2.44. The number of fused-ring (bicyclic) bond motifs is 10. The Balaban J connectivity index is 1.15. The van der Waals surface area contributed by atoms with E-state index < -0.39 is 0 Å². The van der Waals surface area contributed by atoms with Gasteiger partial charge in [-0.05, 0) is 89.1 Å². The van der Waals surface area contributed by atoms with Crippen molar-refractivity contribution in [2.75, 3.05) is 0 Å². The van der Waals surface area contributed by atoms with Crippen LogP contribution in [-0.2, 0) is 0 Å². The van der Waals surface area contributed by atoms with Crippen molar-refractivity contribution in [3.8, 4) is 28.2 Å². The zero-order valence-electron chi connectivity index (χ0n) is 29.9. The zero-order chi connectivity index (χ0) is 36.0. The molecular weight excluding hydrogens is 667 g/mol. The van der Waals surface area contributed by atoms with Crippen molar-refractivity contribution < 1.29 is 0 Å². The smallest absolute Gasteiger partial charge is 0.0625 e. The van der Waals surface area contributed by atoms with Crippen LogP contribution in [0.15, 0.2) is 200 Å². The molecule has 256 valence electrons. The second kappa shape index (κ2) is 11.6. The number of para-hydroxylation sites is 5. The first-order chi connectivity index (χ1) is 27.3. The molecule has 0 aliphatic carbocycles. The summed E-state index contributed by atoms with van der Waals surface area (Å²) in [6.45, 7) is 0. The largest absolute Gasteiger partial charge is 0.309 e. The maximum atomic E-state index is 2.49. The molecule has 55 heavy (non-hydrogen) atoms. The summed E-state index contributed by atoms with van der Waals surface area (Å²) in [5.74, 6) is 0. The fourth-order valence-electron chi connectivity index (χ4n) is 9.28. The molecule has 0 spiro atoms. The van der Waals surface area contributed by atoms with Gasteiger partial charge in [-0.15, -0.1) is 0 Å². The van der Waals surface area contributed by atoms with E-state index in [1.54, 1.807) is 0 Å². The fraction of sp³-hybridized carbons (Fsp3) is 0. The molecule has 9 aromatic carbocycles. The number of aromatic nitrogens is 3. The van der Waals surface area contributed by atoms with E-state index >= 15 is 0 Å². The second-order valence-electron chi connectivity index (χ2n) is 14.5. The van der Waals surface area contributed by atoms with Gasteiger partial charge in [-0.2, -0.15) is 0 Å². The van der Waals surface area contributed by atoms with E-state index in [1.165, 1.54) is 87.3 Å². The molecule has 0 aliphatic heterocycles. The van der Waals surface area contributed by atoms with Gasteiger partial charge in [0.25, 0.3) is 0 Å². The predicted octanol–water partition coefficient (Wildman–Crippen LogP) is 13.8. The van der Waals surface area contributed by atoms with Crippen LogP contribution in [0.5, 0.6) is 0 Å². The average molecular weight is 700 g/mol. The number of nitrogens with zero attached hydrogens (tertiary/aromatic N) is 3. The highest BCUT2D eigenvalue weighted by atomic mass is 15.0. The zero-order valence-corrected chi connectivity index (χ0v) is 29.9. The van der Waals surface area contributed by atoms with Crippen molar-refractivity contribution in [2.24, 2.45) is 0 Å². The molecule has 0 fully saturated rings. The van der Waals surface area contributed by atoms with Crippen LogP contribution in [0.3, 0.4) is 0 Å². The molecule has 12 aromatic rings. The molecule has 0 atom stereocenters. The summed E-state index contributed by atoms with van der Waals surface area (Å²) in [6.07, 6.45) is 0. The van der Waals surface area contributed by atoms with Crippen molar-refractivity contribution in [2.45, 2.75) is 0 Å². The van der Waals surface area contributed by atoms with Gasteiger partial charge in [0.1, 0.15) is 0 Å². The van der Waals surface area contributed by atoms with Crippen molar-refractivity contribution in [1.29, 1.82) is 0 Å². The average Bonchev–Trinajstić information content (AvgIpc) is 3.89. The highest BCUT2D eigenvalue weighted by molar-refractivity contribution is 6.22. The van der Waals surface area contributed by atoms with Crippen LogP contribution in [0.2, 0.25) is 0 Å². The van der Waals surface area contributed by atoms with Crippen molar-refractivity contribution >= 4 is 76.2 Å². The summed E-state index contributed by atoms with van der Waals surface area (Å²) in [6, 6.07) is 73.3. The van der Waals surface area contributed by atoms with Crippen molar-refractivity contribution in [3.05, 3.63) is 200 Å². The van der Waals surface area contributed by atoms with Gasteiger partial charge in [-0.1, -0.05) is 127 Å². The van der Waals surface area contributed by atoms with Gasteiger partial charge in [-0.25, -0.2) is 0 Å². The van der Waals surface area contributed by atoms with Crippen LogP contribution < -0.4 is 0 Å². The Hall–Kier alpha value is -7.36. The summed E-state index contributed by atoms with van der Waals surface area (Å²) in [7, 11) is 0. The monoisotopic (exact) mass is 699 g/mol. The van der Waals surface area contributed by atoms with Crippen LogP contribution in [0.25, 0.3) is 104 Å². The van der Waals surface area contributed by atoms with Gasteiger partial charge in [0.2, 0.25) is 0 Å². The summed E-state index contributed by atoms with van der Waals surface area (Å²) in [5.41, 5.74) is 13.1. The Morgan fingerprint density at radius 3 is 1.27 bits per heavy atom. The normalized spacial score (nSPS) is 12.0. The van der Waals surface area contributed by atoms with Gasteiger partial charge >= 0.3 is 0 Å².